The molecule has 23 heavy (non-hydrogen) atoms. The van der Waals surface area contributed by atoms with Crippen LogP contribution in [0.25, 0.3) is 0 Å². The van der Waals surface area contributed by atoms with Crippen LogP contribution in [0.1, 0.15) is 33.9 Å². The van der Waals surface area contributed by atoms with Gasteiger partial charge in [-0.1, -0.05) is 29.8 Å². The molecule has 2 aromatic rings. The normalized spacial score (nSPS) is 11.6. The maximum Gasteiger partial charge on any atom is 0.251 e. The van der Waals surface area contributed by atoms with Gasteiger partial charge < -0.3 is 20.0 Å². The molecule has 1 N–H and O–H groups in total. The third-order valence-electron chi connectivity index (χ3n) is 3.47. The van der Waals surface area contributed by atoms with E-state index in [2.05, 4.69) is 5.32 Å². The van der Waals surface area contributed by atoms with Gasteiger partial charge in [-0.15, -0.1) is 0 Å². The van der Waals surface area contributed by atoms with Gasteiger partial charge >= 0.3 is 0 Å². The van der Waals surface area contributed by atoms with Crippen molar-refractivity contribution in [3.8, 4) is 5.75 Å². The minimum absolute atomic E-state index is 0.302. The second-order valence-corrected chi connectivity index (χ2v) is 5.24. The number of carbonyl (C=O) groups is 2. The number of hydrogen-bond acceptors (Lipinski definition) is 4. The van der Waals surface area contributed by atoms with Crippen LogP contribution in [0, 0.1) is 6.92 Å². The first-order valence-corrected chi connectivity index (χ1v) is 7.21. The third-order valence-corrected chi connectivity index (χ3v) is 3.47. The maximum absolute atomic E-state index is 12.3. The summed E-state index contributed by atoms with van der Waals surface area (Å²) in [6.07, 6.45) is -0.302. The molecule has 0 saturated carbocycles. The van der Waals surface area contributed by atoms with Gasteiger partial charge in [0.05, 0.1) is 13.2 Å². The molecule has 1 atom stereocenters. The van der Waals surface area contributed by atoms with Crippen molar-refractivity contribution in [2.75, 3.05) is 7.11 Å². The summed E-state index contributed by atoms with van der Waals surface area (Å²) >= 11 is 0. The molecule has 2 rings (SSSR count). The van der Waals surface area contributed by atoms with Gasteiger partial charge in [0.25, 0.3) is 5.91 Å². The number of aliphatic carboxylic acids is 1. The van der Waals surface area contributed by atoms with Gasteiger partial charge in [0.15, 0.2) is 0 Å². The molecular formula is C18H18NO4-. The van der Waals surface area contributed by atoms with Gasteiger partial charge in [0, 0.05) is 18.0 Å². The lowest BCUT2D eigenvalue weighted by Gasteiger charge is -2.20. The summed E-state index contributed by atoms with van der Waals surface area (Å²) in [6, 6.07) is 13.3. The summed E-state index contributed by atoms with van der Waals surface area (Å²) in [5.74, 6) is -0.892. The number of methoxy groups -OCH3 is 1. The Bertz CT molecular complexity index is 694. The minimum atomic E-state index is -1.23. The first-order valence-electron chi connectivity index (χ1n) is 7.21. The fraction of sp³-hybridized carbons (Fsp3) is 0.222. The first-order chi connectivity index (χ1) is 11.0. The highest BCUT2D eigenvalue weighted by molar-refractivity contribution is 5.94. The van der Waals surface area contributed by atoms with E-state index < -0.39 is 12.0 Å². The van der Waals surface area contributed by atoms with Crippen molar-refractivity contribution in [2.45, 2.75) is 19.4 Å². The van der Waals surface area contributed by atoms with E-state index >= 15 is 0 Å². The Labute approximate surface area is 134 Å². The van der Waals surface area contributed by atoms with Crippen molar-refractivity contribution < 1.29 is 19.4 Å². The second-order valence-electron chi connectivity index (χ2n) is 5.24. The summed E-state index contributed by atoms with van der Waals surface area (Å²) in [6.45, 7) is 1.89. The van der Waals surface area contributed by atoms with Gasteiger partial charge in [-0.2, -0.15) is 0 Å². The van der Waals surface area contributed by atoms with Crippen LogP contribution in [0.15, 0.2) is 48.5 Å². The summed E-state index contributed by atoms with van der Waals surface area (Å²) in [7, 11) is 1.55. The van der Waals surface area contributed by atoms with Gasteiger partial charge in [0.2, 0.25) is 0 Å². The molecule has 0 heterocycles. The van der Waals surface area contributed by atoms with Crippen molar-refractivity contribution in [1.29, 1.82) is 0 Å². The SMILES string of the molecule is COc1ccc([C@@H](CC(=O)[O-])NC(=O)c2cccc(C)c2)cc1. The lowest BCUT2D eigenvalue weighted by atomic mass is 10.0. The number of hydrogen-bond donors (Lipinski definition) is 1. The highest BCUT2D eigenvalue weighted by Gasteiger charge is 2.16. The van der Waals surface area contributed by atoms with E-state index in [-0.39, 0.29) is 12.3 Å². The van der Waals surface area contributed by atoms with Crippen molar-refractivity contribution in [2.24, 2.45) is 0 Å². The average Bonchev–Trinajstić information content (AvgIpc) is 2.54. The molecular weight excluding hydrogens is 294 g/mol. The largest absolute Gasteiger partial charge is 0.550 e. The molecule has 0 radical (unpaired) electrons. The summed E-state index contributed by atoms with van der Waals surface area (Å²) < 4.78 is 5.08. The van der Waals surface area contributed by atoms with Crippen molar-refractivity contribution in [3.05, 3.63) is 65.2 Å². The Morgan fingerprint density at radius 3 is 2.43 bits per heavy atom. The van der Waals surface area contributed by atoms with Crippen LogP contribution in [-0.2, 0) is 4.79 Å². The monoisotopic (exact) mass is 312 g/mol. The number of benzene rings is 2. The number of carboxylic acid groups (broad SMARTS) is 1. The number of aryl methyl sites for hydroxylation is 1. The van der Waals surface area contributed by atoms with E-state index in [1.54, 1.807) is 49.6 Å². The molecule has 0 aliphatic rings. The van der Waals surface area contributed by atoms with Gasteiger partial charge in [-0.05, 0) is 36.8 Å². The van der Waals surface area contributed by atoms with Crippen LogP contribution in [0.4, 0.5) is 0 Å². The Hall–Kier alpha value is -2.82. The smallest absolute Gasteiger partial charge is 0.251 e. The average molecular weight is 312 g/mol. The molecule has 0 spiro atoms. The molecule has 120 valence electrons. The highest BCUT2D eigenvalue weighted by Crippen LogP contribution is 2.21. The van der Waals surface area contributed by atoms with Gasteiger partial charge in [-0.25, -0.2) is 0 Å². The zero-order chi connectivity index (χ0) is 16.8. The lowest BCUT2D eigenvalue weighted by molar-refractivity contribution is -0.306. The minimum Gasteiger partial charge on any atom is -0.550 e. The summed E-state index contributed by atoms with van der Waals surface area (Å²) in [5, 5.41) is 13.7. The zero-order valence-electron chi connectivity index (χ0n) is 13.0. The number of ether oxygens (including phenoxy) is 1. The standard InChI is InChI=1S/C18H19NO4/c1-12-4-3-5-14(10-12)18(22)19-16(11-17(20)21)13-6-8-15(23-2)9-7-13/h3-10,16H,11H2,1-2H3,(H,19,22)(H,20,21)/p-1/t16-/m1/s1. The lowest BCUT2D eigenvalue weighted by Crippen LogP contribution is -2.34. The quantitative estimate of drug-likeness (QED) is 0.879. The third kappa shape index (κ3) is 4.57. The van der Waals surface area contributed by atoms with Crippen molar-refractivity contribution in [3.63, 3.8) is 0 Å². The second kappa shape index (κ2) is 7.45. The van der Waals surface area contributed by atoms with E-state index in [4.69, 9.17) is 4.74 Å². The Morgan fingerprint density at radius 2 is 1.87 bits per heavy atom. The summed E-state index contributed by atoms with van der Waals surface area (Å²) in [4.78, 5) is 23.3. The van der Waals surface area contributed by atoms with Crippen LogP contribution in [0.5, 0.6) is 5.75 Å². The maximum atomic E-state index is 12.3. The molecule has 0 aromatic heterocycles. The molecule has 0 bridgehead atoms. The number of amides is 1. The van der Waals surface area contributed by atoms with Gasteiger partial charge in [-0.3, -0.25) is 4.79 Å². The molecule has 5 nitrogen and oxygen atoms in total. The molecule has 0 saturated heterocycles. The van der Waals surface area contributed by atoms with Crippen LogP contribution in [0.2, 0.25) is 0 Å². The van der Waals surface area contributed by atoms with Crippen LogP contribution < -0.4 is 15.2 Å². The predicted molar refractivity (Wildman–Crippen MR) is 84.0 cm³/mol. The molecule has 0 aliphatic heterocycles. The molecule has 2 aromatic carbocycles. The topological polar surface area (TPSA) is 78.5 Å². The molecule has 1 amide bonds. The van der Waals surface area contributed by atoms with E-state index in [1.165, 1.54) is 0 Å². The molecule has 0 fully saturated rings. The Kier molecular flexibility index (Phi) is 5.36. The highest BCUT2D eigenvalue weighted by atomic mass is 16.5. The molecule has 5 heteroatoms. The molecule has 0 aliphatic carbocycles. The first kappa shape index (κ1) is 16.5. The van der Waals surface area contributed by atoms with Crippen molar-refractivity contribution >= 4 is 11.9 Å². The molecule has 0 unspecified atom stereocenters. The van der Waals surface area contributed by atoms with E-state index in [1.807, 2.05) is 13.0 Å². The van der Waals surface area contributed by atoms with E-state index in [0.717, 1.165) is 5.56 Å². The fourth-order valence-corrected chi connectivity index (χ4v) is 2.28. The zero-order valence-corrected chi connectivity index (χ0v) is 13.0. The van der Waals surface area contributed by atoms with Crippen LogP contribution in [0.3, 0.4) is 0 Å². The van der Waals surface area contributed by atoms with Gasteiger partial charge in [0.1, 0.15) is 5.75 Å². The number of carboxylic acids is 1. The predicted octanol–water partition coefficient (Wildman–Crippen LogP) is 1.61. The number of carbonyl (C=O) groups excluding carboxylic acids is 2. The van der Waals surface area contributed by atoms with Crippen LogP contribution in [-0.4, -0.2) is 19.0 Å². The van der Waals surface area contributed by atoms with E-state index in [9.17, 15) is 14.7 Å². The Morgan fingerprint density at radius 1 is 1.17 bits per heavy atom. The number of rotatable bonds is 6. The fourth-order valence-electron chi connectivity index (χ4n) is 2.28. The summed E-state index contributed by atoms with van der Waals surface area (Å²) in [5.41, 5.74) is 2.12. The Balaban J connectivity index is 2.20. The van der Waals surface area contributed by atoms with E-state index in [0.29, 0.717) is 16.9 Å². The number of nitrogens with one attached hydrogen (secondary N) is 1. The van der Waals surface area contributed by atoms with Crippen LogP contribution >= 0.6 is 0 Å². The van der Waals surface area contributed by atoms with Crippen molar-refractivity contribution in [1.82, 2.24) is 5.32 Å².